The number of carbonyl (C=O) groups excluding carboxylic acids is 2. The lowest BCUT2D eigenvalue weighted by Crippen LogP contribution is -2.22. The van der Waals surface area contributed by atoms with Crippen molar-refractivity contribution in [3.8, 4) is 5.75 Å². The lowest BCUT2D eigenvalue weighted by molar-refractivity contribution is 0.0947. The number of carbonyl (C=O) groups is 2. The van der Waals surface area contributed by atoms with Gasteiger partial charge in [0.05, 0.1) is 19.4 Å². The Balaban J connectivity index is 1.53. The highest BCUT2D eigenvalue weighted by Gasteiger charge is 2.10. The zero-order valence-electron chi connectivity index (χ0n) is 16.7. The molecule has 2 amide bonds. The topological polar surface area (TPSA) is 89.8 Å². The molecule has 0 aliphatic rings. The van der Waals surface area contributed by atoms with Crippen LogP contribution in [0.25, 0.3) is 0 Å². The van der Waals surface area contributed by atoms with E-state index in [1.54, 1.807) is 66.9 Å². The van der Waals surface area contributed by atoms with Gasteiger partial charge >= 0.3 is 0 Å². The summed E-state index contributed by atoms with van der Waals surface area (Å²) in [5, 5.41) is 5.59. The highest BCUT2D eigenvalue weighted by Crippen LogP contribution is 2.16. The van der Waals surface area contributed by atoms with Gasteiger partial charge in [-0.1, -0.05) is 6.07 Å². The monoisotopic (exact) mass is 408 g/mol. The van der Waals surface area contributed by atoms with Gasteiger partial charge < -0.3 is 24.5 Å². The van der Waals surface area contributed by atoms with Crippen molar-refractivity contribution in [3.05, 3.63) is 83.8 Å². The van der Waals surface area contributed by atoms with Crippen molar-refractivity contribution in [1.29, 1.82) is 0 Å². The number of hydrogen-bond acceptors (Lipinski definition) is 5. The molecule has 7 heteroatoms. The van der Waals surface area contributed by atoms with Crippen LogP contribution in [0.5, 0.6) is 5.75 Å². The van der Waals surface area contributed by atoms with Gasteiger partial charge in [0.2, 0.25) is 0 Å². The third-order valence-electron chi connectivity index (χ3n) is 4.20. The van der Waals surface area contributed by atoms with Gasteiger partial charge in [-0.25, -0.2) is 0 Å². The molecule has 0 bridgehead atoms. The van der Waals surface area contributed by atoms with Crippen LogP contribution < -0.4 is 15.4 Å². The SMILES string of the molecule is CCOCCOc1cccc(C(=O)Nc2ccc(C(=O)NCc3ccco3)cc2)c1. The number of amides is 2. The molecular formula is C23H24N2O5. The minimum atomic E-state index is -0.264. The Morgan fingerprint density at radius 1 is 0.933 bits per heavy atom. The number of hydrogen-bond donors (Lipinski definition) is 2. The van der Waals surface area contributed by atoms with Crippen LogP contribution in [0.3, 0.4) is 0 Å². The molecule has 0 radical (unpaired) electrons. The molecule has 2 N–H and O–H groups in total. The van der Waals surface area contributed by atoms with Gasteiger partial charge in [-0.05, 0) is 61.5 Å². The molecule has 0 aliphatic heterocycles. The van der Waals surface area contributed by atoms with Crippen LogP contribution in [0.15, 0.2) is 71.3 Å². The van der Waals surface area contributed by atoms with Crippen molar-refractivity contribution in [2.75, 3.05) is 25.1 Å². The molecule has 7 nitrogen and oxygen atoms in total. The van der Waals surface area contributed by atoms with Crippen molar-refractivity contribution in [2.45, 2.75) is 13.5 Å². The molecule has 2 aromatic carbocycles. The van der Waals surface area contributed by atoms with E-state index < -0.39 is 0 Å². The molecule has 0 atom stereocenters. The van der Waals surface area contributed by atoms with Crippen LogP contribution in [-0.2, 0) is 11.3 Å². The Hall–Kier alpha value is -3.58. The van der Waals surface area contributed by atoms with Crippen molar-refractivity contribution >= 4 is 17.5 Å². The largest absolute Gasteiger partial charge is 0.491 e. The van der Waals surface area contributed by atoms with Gasteiger partial charge in [0.25, 0.3) is 11.8 Å². The Bertz CT molecular complexity index is 952. The Morgan fingerprint density at radius 2 is 1.77 bits per heavy atom. The summed E-state index contributed by atoms with van der Waals surface area (Å²) in [6.07, 6.45) is 1.56. The smallest absolute Gasteiger partial charge is 0.255 e. The average molecular weight is 408 g/mol. The zero-order chi connectivity index (χ0) is 21.2. The summed E-state index contributed by atoms with van der Waals surface area (Å²) < 4.78 is 16.0. The van der Waals surface area contributed by atoms with E-state index in [-0.39, 0.29) is 11.8 Å². The van der Waals surface area contributed by atoms with Gasteiger partial charge in [0.15, 0.2) is 0 Å². The quantitative estimate of drug-likeness (QED) is 0.497. The highest BCUT2D eigenvalue weighted by atomic mass is 16.5. The molecule has 3 aromatic rings. The number of ether oxygens (including phenoxy) is 2. The maximum atomic E-state index is 12.5. The standard InChI is InChI=1S/C23H24N2O5/c1-2-28-13-14-30-20-6-3-5-18(15-20)23(27)25-19-10-8-17(9-11-19)22(26)24-16-21-7-4-12-29-21/h3-12,15H,2,13-14,16H2,1H3,(H,24,26)(H,25,27). The number of anilines is 1. The molecule has 1 aromatic heterocycles. The number of benzene rings is 2. The second-order valence-electron chi connectivity index (χ2n) is 6.37. The number of furan rings is 1. The fraction of sp³-hybridized carbons (Fsp3) is 0.217. The lowest BCUT2D eigenvalue weighted by atomic mass is 10.1. The van der Waals surface area contributed by atoms with Crippen LogP contribution in [0, 0.1) is 0 Å². The van der Waals surface area contributed by atoms with Crippen LogP contribution in [0.2, 0.25) is 0 Å². The first-order valence-corrected chi connectivity index (χ1v) is 9.68. The maximum Gasteiger partial charge on any atom is 0.255 e. The van der Waals surface area contributed by atoms with Crippen molar-refractivity contribution in [2.24, 2.45) is 0 Å². The normalized spacial score (nSPS) is 10.4. The average Bonchev–Trinajstić information content (AvgIpc) is 3.29. The molecular weight excluding hydrogens is 384 g/mol. The van der Waals surface area contributed by atoms with E-state index in [2.05, 4.69) is 10.6 Å². The first kappa shape index (κ1) is 21.1. The molecule has 156 valence electrons. The molecule has 0 saturated heterocycles. The third kappa shape index (κ3) is 6.22. The molecule has 0 fully saturated rings. The molecule has 0 saturated carbocycles. The van der Waals surface area contributed by atoms with E-state index in [1.165, 1.54) is 0 Å². The first-order chi connectivity index (χ1) is 14.7. The molecule has 0 unspecified atom stereocenters. The van der Waals surface area contributed by atoms with E-state index in [0.29, 0.717) is 54.7 Å². The summed E-state index contributed by atoms with van der Waals surface area (Å²) in [5.74, 6) is 0.795. The molecule has 3 rings (SSSR count). The molecule has 1 heterocycles. The Morgan fingerprint density at radius 3 is 2.50 bits per heavy atom. The van der Waals surface area contributed by atoms with Gasteiger partial charge in [-0.3, -0.25) is 9.59 Å². The molecule has 30 heavy (non-hydrogen) atoms. The minimum absolute atomic E-state index is 0.221. The first-order valence-electron chi connectivity index (χ1n) is 9.68. The summed E-state index contributed by atoms with van der Waals surface area (Å²) in [4.78, 5) is 24.7. The summed E-state index contributed by atoms with van der Waals surface area (Å²) >= 11 is 0. The third-order valence-corrected chi connectivity index (χ3v) is 4.20. The molecule has 0 spiro atoms. The highest BCUT2D eigenvalue weighted by molar-refractivity contribution is 6.04. The van der Waals surface area contributed by atoms with Crippen LogP contribution >= 0.6 is 0 Å². The maximum absolute atomic E-state index is 12.5. The lowest BCUT2D eigenvalue weighted by Gasteiger charge is -2.09. The fourth-order valence-electron chi connectivity index (χ4n) is 2.68. The van der Waals surface area contributed by atoms with Crippen LogP contribution in [0.4, 0.5) is 5.69 Å². The van der Waals surface area contributed by atoms with E-state index >= 15 is 0 Å². The Labute approximate surface area is 175 Å². The van der Waals surface area contributed by atoms with Crippen molar-refractivity contribution < 1.29 is 23.5 Å². The van der Waals surface area contributed by atoms with Gasteiger partial charge in [0, 0.05) is 23.4 Å². The van der Waals surface area contributed by atoms with Crippen LogP contribution in [0.1, 0.15) is 33.4 Å². The van der Waals surface area contributed by atoms with E-state index in [9.17, 15) is 9.59 Å². The fourth-order valence-corrected chi connectivity index (χ4v) is 2.68. The summed E-state index contributed by atoms with van der Waals surface area (Å²) in [7, 11) is 0. The van der Waals surface area contributed by atoms with Gasteiger partial charge in [-0.15, -0.1) is 0 Å². The summed E-state index contributed by atoms with van der Waals surface area (Å²) in [6, 6.07) is 17.2. The Kier molecular flexibility index (Phi) is 7.63. The van der Waals surface area contributed by atoms with Crippen LogP contribution in [-0.4, -0.2) is 31.6 Å². The van der Waals surface area contributed by atoms with E-state index in [4.69, 9.17) is 13.9 Å². The summed E-state index contributed by atoms with van der Waals surface area (Å²) in [6.45, 7) is 3.78. The molecule has 0 aliphatic carbocycles. The van der Waals surface area contributed by atoms with Gasteiger partial charge in [-0.2, -0.15) is 0 Å². The van der Waals surface area contributed by atoms with Crippen molar-refractivity contribution in [1.82, 2.24) is 5.32 Å². The second kappa shape index (κ2) is 10.8. The van der Waals surface area contributed by atoms with E-state index in [0.717, 1.165) is 0 Å². The zero-order valence-corrected chi connectivity index (χ0v) is 16.7. The van der Waals surface area contributed by atoms with Gasteiger partial charge in [0.1, 0.15) is 18.1 Å². The minimum Gasteiger partial charge on any atom is -0.491 e. The van der Waals surface area contributed by atoms with E-state index in [1.807, 2.05) is 6.92 Å². The number of nitrogens with one attached hydrogen (secondary N) is 2. The second-order valence-corrected chi connectivity index (χ2v) is 6.37. The van der Waals surface area contributed by atoms with Crippen molar-refractivity contribution in [3.63, 3.8) is 0 Å². The summed E-state index contributed by atoms with van der Waals surface area (Å²) in [5.41, 5.74) is 1.55. The predicted molar refractivity (Wildman–Crippen MR) is 113 cm³/mol. The predicted octanol–water partition coefficient (Wildman–Crippen LogP) is 3.88. The number of rotatable bonds is 10.